The summed E-state index contributed by atoms with van der Waals surface area (Å²) in [4.78, 5) is 4.24. The summed E-state index contributed by atoms with van der Waals surface area (Å²) in [5.74, 6) is 0.446. The molecule has 1 atom stereocenters. The topological polar surface area (TPSA) is 48.1 Å². The molecule has 2 heterocycles. The van der Waals surface area contributed by atoms with Gasteiger partial charge in [-0.1, -0.05) is 6.07 Å². The third-order valence-electron chi connectivity index (χ3n) is 3.07. The Morgan fingerprint density at radius 3 is 3.00 bits per heavy atom. The minimum absolute atomic E-state index is 0.0655. The maximum absolute atomic E-state index is 13.6. The number of ether oxygens (including phenoxy) is 1. The molecule has 0 saturated heterocycles. The molecule has 3 rings (SSSR count). The van der Waals surface area contributed by atoms with E-state index in [1.54, 1.807) is 6.20 Å². The van der Waals surface area contributed by atoms with E-state index in [0.29, 0.717) is 30.0 Å². The Labute approximate surface area is 104 Å². The van der Waals surface area contributed by atoms with Gasteiger partial charge in [0.1, 0.15) is 17.7 Å². The molecule has 1 aliphatic rings. The van der Waals surface area contributed by atoms with E-state index in [4.69, 9.17) is 10.5 Å². The fourth-order valence-corrected chi connectivity index (χ4v) is 2.24. The van der Waals surface area contributed by atoms with Crippen molar-refractivity contribution in [2.75, 3.05) is 6.54 Å². The molecule has 0 aliphatic carbocycles. The molecule has 0 saturated carbocycles. The van der Waals surface area contributed by atoms with Crippen LogP contribution < -0.4 is 10.5 Å². The van der Waals surface area contributed by atoms with Crippen LogP contribution in [-0.2, 0) is 6.42 Å². The molecule has 1 unspecified atom stereocenters. The van der Waals surface area contributed by atoms with Crippen molar-refractivity contribution < 1.29 is 9.13 Å². The van der Waals surface area contributed by atoms with Crippen molar-refractivity contribution in [2.45, 2.75) is 12.5 Å². The fourth-order valence-electron chi connectivity index (χ4n) is 2.24. The second-order valence-electron chi connectivity index (χ2n) is 4.34. The third kappa shape index (κ3) is 1.84. The molecule has 2 aromatic rings. The van der Waals surface area contributed by atoms with Crippen LogP contribution in [0.1, 0.15) is 5.56 Å². The van der Waals surface area contributed by atoms with Crippen LogP contribution in [0.15, 0.2) is 36.5 Å². The summed E-state index contributed by atoms with van der Waals surface area (Å²) in [6, 6.07) is 8.51. The number of hydrogen-bond acceptors (Lipinski definition) is 3. The summed E-state index contributed by atoms with van der Waals surface area (Å²) in [6.45, 7) is 0.429. The number of hydrogen-bond donors (Lipinski definition) is 1. The molecular weight excluding hydrogens is 231 g/mol. The van der Waals surface area contributed by atoms with Crippen molar-refractivity contribution >= 4 is 0 Å². The van der Waals surface area contributed by atoms with Gasteiger partial charge in [0, 0.05) is 30.3 Å². The summed E-state index contributed by atoms with van der Waals surface area (Å²) in [5, 5.41) is 0. The third-order valence-corrected chi connectivity index (χ3v) is 3.07. The van der Waals surface area contributed by atoms with Gasteiger partial charge in [0.15, 0.2) is 0 Å². The molecule has 18 heavy (non-hydrogen) atoms. The van der Waals surface area contributed by atoms with E-state index < -0.39 is 0 Å². The predicted molar refractivity (Wildman–Crippen MR) is 66.8 cm³/mol. The normalized spacial score (nSPS) is 17.3. The van der Waals surface area contributed by atoms with Gasteiger partial charge in [0.25, 0.3) is 0 Å². The van der Waals surface area contributed by atoms with E-state index in [9.17, 15) is 4.39 Å². The Hall–Kier alpha value is -1.94. The lowest BCUT2D eigenvalue weighted by molar-refractivity contribution is 0.242. The average Bonchev–Trinajstić information content (AvgIpc) is 2.81. The highest BCUT2D eigenvalue weighted by atomic mass is 19.1. The largest absolute Gasteiger partial charge is 0.488 e. The van der Waals surface area contributed by atoms with E-state index in [1.807, 2.05) is 18.2 Å². The fraction of sp³-hybridized carbons (Fsp3) is 0.214. The summed E-state index contributed by atoms with van der Waals surface area (Å²) in [5.41, 5.74) is 7.88. The first-order valence-electron chi connectivity index (χ1n) is 5.88. The smallest absolute Gasteiger partial charge is 0.132 e. The molecule has 2 N–H and O–H groups in total. The lowest BCUT2D eigenvalue weighted by Crippen LogP contribution is -2.24. The molecular formula is C14H13FN2O. The van der Waals surface area contributed by atoms with Gasteiger partial charge in [-0.3, -0.25) is 4.98 Å². The highest BCUT2D eigenvalue weighted by molar-refractivity contribution is 5.70. The van der Waals surface area contributed by atoms with Crippen LogP contribution in [0, 0.1) is 5.82 Å². The molecule has 1 aromatic heterocycles. The standard InChI is InChI=1S/C14H13FN2O/c15-10-5-9-6-11(8-16)18-14(9)12(7-10)13-3-1-2-4-17-13/h1-5,7,11H,6,8,16H2. The van der Waals surface area contributed by atoms with Gasteiger partial charge < -0.3 is 10.5 Å². The summed E-state index contributed by atoms with van der Waals surface area (Å²) in [7, 11) is 0. The van der Waals surface area contributed by atoms with Crippen LogP contribution in [0.3, 0.4) is 0 Å². The molecule has 1 aromatic carbocycles. The lowest BCUT2D eigenvalue weighted by Gasteiger charge is -2.10. The van der Waals surface area contributed by atoms with Gasteiger partial charge in [-0.2, -0.15) is 0 Å². The Morgan fingerprint density at radius 2 is 2.28 bits per heavy atom. The first-order chi connectivity index (χ1) is 8.78. The molecule has 0 radical (unpaired) electrons. The van der Waals surface area contributed by atoms with Crippen molar-refractivity contribution in [3.63, 3.8) is 0 Å². The number of nitrogens with zero attached hydrogens (tertiary/aromatic N) is 1. The predicted octanol–water partition coefficient (Wildman–Crippen LogP) is 2.15. The van der Waals surface area contributed by atoms with E-state index in [2.05, 4.69) is 4.98 Å². The number of halogens is 1. The second-order valence-corrected chi connectivity index (χ2v) is 4.34. The molecule has 1 aliphatic heterocycles. The second kappa shape index (κ2) is 4.38. The molecule has 0 bridgehead atoms. The van der Waals surface area contributed by atoms with Gasteiger partial charge in [-0.15, -0.1) is 0 Å². The Bertz CT molecular complexity index is 572. The van der Waals surface area contributed by atoms with Gasteiger partial charge in [-0.05, 0) is 24.3 Å². The molecule has 92 valence electrons. The number of benzene rings is 1. The van der Waals surface area contributed by atoms with Gasteiger partial charge in [0.2, 0.25) is 0 Å². The van der Waals surface area contributed by atoms with Crippen LogP contribution in [-0.4, -0.2) is 17.6 Å². The van der Waals surface area contributed by atoms with Crippen LogP contribution in [0.5, 0.6) is 5.75 Å². The molecule has 3 nitrogen and oxygen atoms in total. The van der Waals surface area contributed by atoms with Crippen molar-refractivity contribution in [1.29, 1.82) is 0 Å². The quantitative estimate of drug-likeness (QED) is 0.880. The number of rotatable bonds is 2. The van der Waals surface area contributed by atoms with E-state index in [-0.39, 0.29) is 11.9 Å². The number of pyridine rings is 1. The lowest BCUT2D eigenvalue weighted by atomic mass is 10.0. The molecule has 0 fully saturated rings. The van der Waals surface area contributed by atoms with Crippen molar-refractivity contribution in [2.24, 2.45) is 5.73 Å². The molecule has 0 spiro atoms. The average molecular weight is 244 g/mol. The van der Waals surface area contributed by atoms with E-state index in [0.717, 1.165) is 5.56 Å². The van der Waals surface area contributed by atoms with Crippen LogP contribution in [0.2, 0.25) is 0 Å². The zero-order chi connectivity index (χ0) is 12.5. The zero-order valence-corrected chi connectivity index (χ0v) is 9.77. The van der Waals surface area contributed by atoms with Crippen molar-refractivity contribution in [3.8, 4) is 17.0 Å². The van der Waals surface area contributed by atoms with Crippen LogP contribution in [0.25, 0.3) is 11.3 Å². The maximum Gasteiger partial charge on any atom is 0.132 e. The summed E-state index contributed by atoms with van der Waals surface area (Å²) in [6.07, 6.45) is 2.27. The SMILES string of the molecule is NCC1Cc2cc(F)cc(-c3ccccn3)c2O1. The van der Waals surface area contributed by atoms with Crippen molar-refractivity contribution in [1.82, 2.24) is 4.98 Å². The molecule has 4 heteroatoms. The van der Waals surface area contributed by atoms with Gasteiger partial charge in [-0.25, -0.2) is 4.39 Å². The Morgan fingerprint density at radius 1 is 1.39 bits per heavy atom. The number of fused-ring (bicyclic) bond motifs is 1. The van der Waals surface area contributed by atoms with Crippen LogP contribution >= 0.6 is 0 Å². The number of aromatic nitrogens is 1. The Kier molecular flexibility index (Phi) is 2.72. The van der Waals surface area contributed by atoms with Crippen LogP contribution in [0.4, 0.5) is 4.39 Å². The zero-order valence-electron chi connectivity index (χ0n) is 9.77. The van der Waals surface area contributed by atoms with Crippen molar-refractivity contribution in [3.05, 3.63) is 47.9 Å². The highest BCUT2D eigenvalue weighted by Gasteiger charge is 2.26. The van der Waals surface area contributed by atoms with Gasteiger partial charge >= 0.3 is 0 Å². The minimum atomic E-state index is -0.268. The Balaban J connectivity index is 2.12. The number of nitrogens with two attached hydrogens (primary N) is 1. The molecule has 0 amide bonds. The minimum Gasteiger partial charge on any atom is -0.488 e. The summed E-state index contributed by atoms with van der Waals surface area (Å²) >= 11 is 0. The maximum atomic E-state index is 13.6. The highest BCUT2D eigenvalue weighted by Crippen LogP contribution is 2.38. The van der Waals surface area contributed by atoms with E-state index >= 15 is 0 Å². The summed E-state index contributed by atoms with van der Waals surface area (Å²) < 4.78 is 19.4. The monoisotopic (exact) mass is 244 g/mol. The first-order valence-corrected chi connectivity index (χ1v) is 5.88. The van der Waals surface area contributed by atoms with Gasteiger partial charge in [0.05, 0.1) is 5.69 Å². The van der Waals surface area contributed by atoms with E-state index in [1.165, 1.54) is 12.1 Å². The first kappa shape index (κ1) is 11.2.